The molecule has 2 N–H and O–H groups in total. The molecule has 150 valence electrons. The molecule has 1 heterocycles. The monoisotopic (exact) mass is 433 g/mol. The minimum atomic E-state index is -4.89. The number of likely N-dealkylation sites (N-methyl/N-ethyl adjacent to an activating group) is 1. The summed E-state index contributed by atoms with van der Waals surface area (Å²) in [5.41, 5.74) is -2.88. The molecule has 0 atom stereocenters. The number of nitrogens with zero attached hydrogens (tertiary/aromatic N) is 1. The minimum absolute atomic E-state index is 0. The number of halogens is 7. The molecule has 0 saturated heterocycles. The lowest BCUT2D eigenvalue weighted by Gasteiger charge is -2.13. The van der Waals surface area contributed by atoms with E-state index in [2.05, 4.69) is 15.6 Å². The molecule has 0 fully saturated rings. The third-order valence-electron chi connectivity index (χ3n) is 3.16. The average Bonchev–Trinajstić information content (AvgIpc) is 2.92. The number of hydrogen-bond acceptors (Lipinski definition) is 4. The van der Waals surface area contributed by atoms with Gasteiger partial charge in [0, 0.05) is 17.5 Å². The number of benzene rings is 1. The van der Waals surface area contributed by atoms with Crippen LogP contribution in [0.2, 0.25) is 0 Å². The summed E-state index contributed by atoms with van der Waals surface area (Å²) in [4.78, 5) is 15.7. The molecule has 0 aliphatic rings. The van der Waals surface area contributed by atoms with Gasteiger partial charge in [0.25, 0.3) is 0 Å². The van der Waals surface area contributed by atoms with E-state index >= 15 is 0 Å². The van der Waals surface area contributed by atoms with E-state index < -0.39 is 23.5 Å². The highest BCUT2D eigenvalue weighted by Crippen LogP contribution is 2.37. The highest BCUT2D eigenvalue weighted by Gasteiger charge is 2.36. The zero-order valence-corrected chi connectivity index (χ0v) is 15.3. The SMILES string of the molecule is CNCC(=O)Nc1ncc(Cc2cc(C(F)(F)F)cc(C(F)(F)F)c2)s1.Cl. The number of carbonyl (C=O) groups excluding carboxylic acids is 1. The van der Waals surface area contributed by atoms with Gasteiger partial charge >= 0.3 is 12.4 Å². The summed E-state index contributed by atoms with van der Waals surface area (Å²) < 4.78 is 77.2. The molecule has 2 aromatic rings. The van der Waals surface area contributed by atoms with Gasteiger partial charge in [0.15, 0.2) is 5.13 Å². The molecule has 0 aliphatic heterocycles. The molecular formula is C15H14ClF6N3OS. The molecule has 4 nitrogen and oxygen atoms in total. The number of nitrogens with one attached hydrogen (secondary N) is 2. The molecule has 1 aromatic carbocycles. The average molecular weight is 434 g/mol. The second kappa shape index (κ2) is 8.89. The van der Waals surface area contributed by atoms with Crippen LogP contribution in [0.1, 0.15) is 21.6 Å². The summed E-state index contributed by atoms with van der Waals surface area (Å²) in [6.45, 7) is 0.0392. The van der Waals surface area contributed by atoms with Crippen LogP contribution in [-0.2, 0) is 23.6 Å². The van der Waals surface area contributed by atoms with E-state index in [1.807, 2.05) is 0 Å². The van der Waals surface area contributed by atoms with Crippen molar-refractivity contribution < 1.29 is 31.1 Å². The molecule has 0 aliphatic carbocycles. The Kier molecular flexibility index (Phi) is 7.64. The lowest BCUT2D eigenvalue weighted by atomic mass is 10.0. The number of aromatic nitrogens is 1. The maximum atomic E-state index is 12.9. The van der Waals surface area contributed by atoms with Gasteiger partial charge in [-0.05, 0) is 30.8 Å². The van der Waals surface area contributed by atoms with Crippen molar-refractivity contribution >= 4 is 34.8 Å². The van der Waals surface area contributed by atoms with E-state index in [1.54, 1.807) is 7.05 Å². The van der Waals surface area contributed by atoms with E-state index in [4.69, 9.17) is 0 Å². The number of carbonyl (C=O) groups is 1. The molecule has 0 radical (unpaired) electrons. The first-order valence-electron chi connectivity index (χ1n) is 7.16. The van der Waals surface area contributed by atoms with Gasteiger partial charge in [-0.25, -0.2) is 4.98 Å². The predicted molar refractivity (Wildman–Crippen MR) is 91.2 cm³/mol. The second-order valence-electron chi connectivity index (χ2n) is 5.30. The van der Waals surface area contributed by atoms with Crippen molar-refractivity contribution in [2.75, 3.05) is 18.9 Å². The van der Waals surface area contributed by atoms with Crippen molar-refractivity contribution in [3.8, 4) is 0 Å². The quantitative estimate of drug-likeness (QED) is 0.689. The summed E-state index contributed by atoms with van der Waals surface area (Å²) in [7, 11) is 1.57. The summed E-state index contributed by atoms with van der Waals surface area (Å²) in [6, 6.07) is 1.43. The van der Waals surface area contributed by atoms with E-state index in [0.29, 0.717) is 17.0 Å². The van der Waals surface area contributed by atoms with Crippen molar-refractivity contribution in [3.05, 3.63) is 46.0 Å². The molecule has 12 heteroatoms. The molecule has 1 amide bonds. The summed E-state index contributed by atoms with van der Waals surface area (Å²) >= 11 is 0.975. The lowest BCUT2D eigenvalue weighted by Crippen LogP contribution is -2.24. The summed E-state index contributed by atoms with van der Waals surface area (Å²) in [6.07, 6.45) is -8.66. The Labute approximate surface area is 160 Å². The van der Waals surface area contributed by atoms with Gasteiger partial charge in [-0.15, -0.1) is 23.7 Å². The van der Waals surface area contributed by atoms with Gasteiger partial charge in [0.2, 0.25) is 5.91 Å². The first-order chi connectivity index (χ1) is 12.0. The highest BCUT2D eigenvalue weighted by molar-refractivity contribution is 7.15. The van der Waals surface area contributed by atoms with Crippen LogP contribution in [0.25, 0.3) is 0 Å². The van der Waals surface area contributed by atoms with Gasteiger partial charge in [0.1, 0.15) is 0 Å². The molecule has 0 unspecified atom stereocenters. The molecule has 0 bridgehead atoms. The maximum Gasteiger partial charge on any atom is 0.416 e. The van der Waals surface area contributed by atoms with Crippen molar-refractivity contribution in [3.63, 3.8) is 0 Å². The number of hydrogen-bond donors (Lipinski definition) is 2. The smallest absolute Gasteiger partial charge is 0.311 e. The van der Waals surface area contributed by atoms with Crippen LogP contribution in [0, 0.1) is 0 Å². The van der Waals surface area contributed by atoms with Crippen LogP contribution in [0.4, 0.5) is 31.5 Å². The van der Waals surface area contributed by atoms with Gasteiger partial charge in [0.05, 0.1) is 17.7 Å². The second-order valence-corrected chi connectivity index (χ2v) is 6.42. The third kappa shape index (κ3) is 6.67. The topological polar surface area (TPSA) is 54.0 Å². The number of rotatable bonds is 5. The molecule has 0 saturated carbocycles. The normalized spacial score (nSPS) is 11.8. The fourth-order valence-corrected chi connectivity index (χ4v) is 2.96. The Morgan fingerprint density at radius 3 is 2.11 bits per heavy atom. The Balaban J connectivity index is 0.00000364. The number of amides is 1. The number of thiazole rings is 1. The van der Waals surface area contributed by atoms with Crippen LogP contribution < -0.4 is 10.6 Å². The van der Waals surface area contributed by atoms with Crippen molar-refractivity contribution in [1.29, 1.82) is 0 Å². The van der Waals surface area contributed by atoms with Crippen LogP contribution in [0.3, 0.4) is 0 Å². The van der Waals surface area contributed by atoms with Crippen LogP contribution in [0.15, 0.2) is 24.4 Å². The first-order valence-corrected chi connectivity index (χ1v) is 7.98. The Bertz CT molecular complexity index is 758. The molecule has 1 aromatic heterocycles. The Hall–Kier alpha value is -1.85. The minimum Gasteiger partial charge on any atom is -0.311 e. The van der Waals surface area contributed by atoms with Crippen molar-refractivity contribution in [2.45, 2.75) is 18.8 Å². The van der Waals surface area contributed by atoms with Gasteiger partial charge < -0.3 is 10.6 Å². The van der Waals surface area contributed by atoms with E-state index in [1.165, 1.54) is 6.20 Å². The maximum absolute atomic E-state index is 12.9. The number of alkyl halides is 6. The van der Waals surface area contributed by atoms with Crippen LogP contribution >= 0.6 is 23.7 Å². The Morgan fingerprint density at radius 2 is 1.63 bits per heavy atom. The van der Waals surface area contributed by atoms with Gasteiger partial charge in [-0.3, -0.25) is 4.79 Å². The lowest BCUT2D eigenvalue weighted by molar-refractivity contribution is -0.143. The first kappa shape index (κ1) is 23.2. The highest BCUT2D eigenvalue weighted by atomic mass is 35.5. The Morgan fingerprint density at radius 1 is 1.07 bits per heavy atom. The van der Waals surface area contributed by atoms with Gasteiger partial charge in [-0.2, -0.15) is 26.3 Å². The fourth-order valence-electron chi connectivity index (χ4n) is 2.09. The van der Waals surface area contributed by atoms with E-state index in [-0.39, 0.29) is 48.0 Å². The number of anilines is 1. The van der Waals surface area contributed by atoms with E-state index in [9.17, 15) is 31.1 Å². The summed E-state index contributed by atoms with van der Waals surface area (Å²) in [5.74, 6) is -0.369. The van der Waals surface area contributed by atoms with Crippen molar-refractivity contribution in [2.24, 2.45) is 0 Å². The van der Waals surface area contributed by atoms with Crippen molar-refractivity contribution in [1.82, 2.24) is 10.3 Å². The van der Waals surface area contributed by atoms with Crippen LogP contribution in [0.5, 0.6) is 0 Å². The fraction of sp³-hybridized carbons (Fsp3) is 0.333. The predicted octanol–water partition coefficient (Wildman–Crippen LogP) is 4.35. The third-order valence-corrected chi connectivity index (χ3v) is 4.08. The summed E-state index contributed by atoms with van der Waals surface area (Å²) in [5, 5.41) is 5.30. The molecule has 0 spiro atoms. The molecular weight excluding hydrogens is 420 g/mol. The zero-order valence-electron chi connectivity index (χ0n) is 13.7. The molecule has 27 heavy (non-hydrogen) atoms. The largest absolute Gasteiger partial charge is 0.416 e. The van der Waals surface area contributed by atoms with Gasteiger partial charge in [-0.1, -0.05) is 0 Å². The van der Waals surface area contributed by atoms with Crippen LogP contribution in [-0.4, -0.2) is 24.5 Å². The zero-order chi connectivity index (χ0) is 19.5. The molecule has 2 rings (SSSR count). The standard InChI is InChI=1S/C15H13F6N3OS.ClH/c1-22-7-12(25)24-13-23-6-11(26-13)4-8-2-9(14(16,17)18)5-10(3-8)15(19,20)21;/h2-3,5-6,22H,4,7H2,1H3,(H,23,24,25);1H. The van der Waals surface area contributed by atoms with E-state index in [0.717, 1.165) is 11.3 Å².